The Morgan fingerprint density at radius 2 is 1.56 bits per heavy atom. The van der Waals surface area contributed by atoms with E-state index in [9.17, 15) is 26.4 Å². The van der Waals surface area contributed by atoms with Crippen LogP contribution in [0.4, 0.5) is 24.5 Å². The van der Waals surface area contributed by atoms with E-state index in [-0.39, 0.29) is 21.9 Å². The minimum absolute atomic E-state index is 0.0201. The predicted molar refractivity (Wildman–Crippen MR) is 158 cm³/mol. The number of hydrogen-bond donors (Lipinski definition) is 2. The van der Waals surface area contributed by atoms with Gasteiger partial charge in [-0.1, -0.05) is 48.0 Å². The van der Waals surface area contributed by atoms with Gasteiger partial charge in [-0.05, 0) is 66.6 Å². The Morgan fingerprint density at radius 3 is 2.19 bits per heavy atom. The lowest BCUT2D eigenvalue weighted by Gasteiger charge is -2.21. The maximum atomic E-state index is 13.6. The quantitative estimate of drug-likeness (QED) is 0.176. The molecule has 1 heterocycles. The number of nitrogens with one attached hydrogen (secondary N) is 2. The SMILES string of the molecule is CNc1ccc([C@@H](c2ccc(C(F)(F)F)cc2)c2oc3ccccc3c2NS(=O)(=O)c2ccc(C)cc2)cc1C(=O)OC. The van der Waals surface area contributed by atoms with E-state index in [1.807, 2.05) is 6.92 Å². The second kappa shape index (κ2) is 11.5. The number of furan rings is 1. The van der Waals surface area contributed by atoms with Crippen LogP contribution in [0.15, 0.2) is 100 Å². The average molecular weight is 609 g/mol. The van der Waals surface area contributed by atoms with Gasteiger partial charge in [-0.25, -0.2) is 13.2 Å². The van der Waals surface area contributed by atoms with Crippen molar-refractivity contribution in [2.45, 2.75) is 23.9 Å². The van der Waals surface area contributed by atoms with Crippen LogP contribution >= 0.6 is 0 Å². The molecule has 0 bridgehead atoms. The molecule has 0 fully saturated rings. The van der Waals surface area contributed by atoms with Crippen LogP contribution in [0.2, 0.25) is 0 Å². The molecule has 0 radical (unpaired) electrons. The van der Waals surface area contributed by atoms with Crippen molar-refractivity contribution in [3.8, 4) is 0 Å². The van der Waals surface area contributed by atoms with Crippen LogP contribution in [0.3, 0.4) is 0 Å². The Hall–Kier alpha value is -4.77. The number of fused-ring (bicyclic) bond motifs is 1. The molecule has 0 unspecified atom stereocenters. The first-order valence-corrected chi connectivity index (χ1v) is 14.6. The number of benzene rings is 4. The molecule has 2 N–H and O–H groups in total. The third-order valence-corrected chi connectivity index (χ3v) is 8.44. The smallest absolute Gasteiger partial charge is 0.416 e. The molecule has 5 rings (SSSR count). The summed E-state index contributed by atoms with van der Waals surface area (Å²) in [6.07, 6.45) is -4.56. The van der Waals surface area contributed by atoms with Gasteiger partial charge in [0.1, 0.15) is 11.3 Å². The van der Waals surface area contributed by atoms with E-state index in [2.05, 4.69) is 10.0 Å². The number of halogens is 3. The number of rotatable bonds is 8. The zero-order valence-electron chi connectivity index (χ0n) is 23.3. The van der Waals surface area contributed by atoms with Crippen LogP contribution in [0.5, 0.6) is 0 Å². The predicted octanol–water partition coefficient (Wildman–Crippen LogP) is 7.57. The third kappa shape index (κ3) is 5.94. The van der Waals surface area contributed by atoms with Gasteiger partial charge in [0, 0.05) is 18.1 Å². The molecular weight excluding hydrogens is 581 g/mol. The maximum absolute atomic E-state index is 13.6. The number of alkyl halides is 3. The summed E-state index contributed by atoms with van der Waals surface area (Å²) in [7, 11) is -1.25. The number of sulfonamides is 1. The van der Waals surface area contributed by atoms with E-state index >= 15 is 0 Å². The van der Waals surface area contributed by atoms with Gasteiger partial charge >= 0.3 is 12.1 Å². The molecule has 1 atom stereocenters. The maximum Gasteiger partial charge on any atom is 0.416 e. The summed E-state index contributed by atoms with van der Waals surface area (Å²) in [4.78, 5) is 12.7. The molecule has 222 valence electrons. The lowest BCUT2D eigenvalue weighted by atomic mass is 9.86. The van der Waals surface area contributed by atoms with Crippen molar-refractivity contribution in [2.24, 2.45) is 0 Å². The largest absolute Gasteiger partial charge is 0.465 e. The van der Waals surface area contributed by atoms with Crippen LogP contribution < -0.4 is 10.0 Å². The molecule has 43 heavy (non-hydrogen) atoms. The summed E-state index contributed by atoms with van der Waals surface area (Å²) < 4.78 is 81.4. The van der Waals surface area contributed by atoms with E-state index in [1.165, 1.54) is 31.4 Å². The standard InChI is InChI=1S/C32H27F3N2O5S/c1-19-8-15-23(16-9-19)43(39,40)37-29-24-6-4-5-7-27(24)42-30(29)28(20-10-13-22(14-11-20)32(33,34)35)21-12-17-26(36-2)25(18-21)31(38)41-3/h4-18,28,36-37H,1-3H3/t28-/m1/s1. The lowest BCUT2D eigenvalue weighted by Crippen LogP contribution is -2.15. The van der Waals surface area contributed by atoms with E-state index < -0.39 is 33.7 Å². The number of esters is 1. The molecule has 4 aromatic carbocycles. The minimum atomic E-state index is -4.56. The highest BCUT2D eigenvalue weighted by molar-refractivity contribution is 7.92. The van der Waals surface area contributed by atoms with Crippen LogP contribution in [-0.4, -0.2) is 28.5 Å². The highest BCUT2D eigenvalue weighted by atomic mass is 32.2. The van der Waals surface area contributed by atoms with Crippen molar-refractivity contribution in [3.63, 3.8) is 0 Å². The summed E-state index contributed by atoms with van der Waals surface area (Å²) >= 11 is 0. The molecule has 1 aromatic heterocycles. The molecule has 0 aliphatic heterocycles. The van der Waals surface area contributed by atoms with Crippen LogP contribution in [0, 0.1) is 6.92 Å². The zero-order chi connectivity index (χ0) is 30.9. The van der Waals surface area contributed by atoms with Crippen molar-refractivity contribution < 1.29 is 35.5 Å². The van der Waals surface area contributed by atoms with Gasteiger partial charge in [0.25, 0.3) is 10.0 Å². The third-order valence-electron chi connectivity index (χ3n) is 7.08. The Labute approximate surface area is 246 Å². The fraction of sp³-hybridized carbons (Fsp3) is 0.156. The summed E-state index contributed by atoms with van der Waals surface area (Å²) in [5.41, 5.74) is 1.98. The lowest BCUT2D eigenvalue weighted by molar-refractivity contribution is -0.137. The van der Waals surface area contributed by atoms with Crippen molar-refractivity contribution in [2.75, 3.05) is 24.2 Å². The highest BCUT2D eigenvalue weighted by Gasteiger charge is 2.33. The topological polar surface area (TPSA) is 97.6 Å². The van der Waals surface area contributed by atoms with Gasteiger partial charge < -0.3 is 14.5 Å². The van der Waals surface area contributed by atoms with Crippen molar-refractivity contribution in [3.05, 3.63) is 125 Å². The van der Waals surface area contributed by atoms with E-state index in [0.717, 1.165) is 17.7 Å². The molecule has 0 aliphatic carbocycles. The molecule has 0 spiro atoms. The molecule has 5 aromatic rings. The number of para-hydroxylation sites is 1. The minimum Gasteiger partial charge on any atom is -0.465 e. The molecule has 7 nitrogen and oxygen atoms in total. The fourth-order valence-corrected chi connectivity index (χ4v) is 5.97. The first-order valence-electron chi connectivity index (χ1n) is 13.1. The summed E-state index contributed by atoms with van der Waals surface area (Å²) in [5, 5.41) is 3.37. The number of carbonyl (C=O) groups excluding carboxylic acids is 1. The molecule has 0 saturated carbocycles. The van der Waals surface area contributed by atoms with E-state index in [0.29, 0.717) is 27.8 Å². The number of anilines is 2. The van der Waals surface area contributed by atoms with Crippen LogP contribution in [0.1, 0.15) is 44.3 Å². The number of aryl methyl sites for hydroxylation is 1. The van der Waals surface area contributed by atoms with Gasteiger partial charge in [-0.2, -0.15) is 13.2 Å². The number of methoxy groups -OCH3 is 1. The Bertz CT molecular complexity index is 1900. The second-order valence-corrected chi connectivity index (χ2v) is 11.5. The molecule has 0 saturated heterocycles. The first-order chi connectivity index (χ1) is 20.4. The Balaban J connectivity index is 1.76. The number of ether oxygens (including phenoxy) is 1. The number of carbonyl (C=O) groups is 1. The van der Waals surface area contributed by atoms with Crippen molar-refractivity contribution in [1.82, 2.24) is 0 Å². The molecule has 11 heteroatoms. The first kappa shape index (κ1) is 29.7. The Morgan fingerprint density at radius 1 is 0.907 bits per heavy atom. The normalized spacial score (nSPS) is 12.6. The zero-order valence-corrected chi connectivity index (χ0v) is 24.1. The van der Waals surface area contributed by atoms with Gasteiger partial charge in [0.05, 0.1) is 34.7 Å². The van der Waals surface area contributed by atoms with Crippen LogP contribution in [-0.2, 0) is 20.9 Å². The van der Waals surface area contributed by atoms with Gasteiger partial charge in [0.2, 0.25) is 0 Å². The Kier molecular flexibility index (Phi) is 7.94. The van der Waals surface area contributed by atoms with Crippen LogP contribution in [0.25, 0.3) is 11.0 Å². The molecule has 0 amide bonds. The highest BCUT2D eigenvalue weighted by Crippen LogP contribution is 2.44. The van der Waals surface area contributed by atoms with Crippen molar-refractivity contribution in [1.29, 1.82) is 0 Å². The second-order valence-electron chi connectivity index (χ2n) is 9.86. The number of hydrogen-bond acceptors (Lipinski definition) is 6. The molecule has 0 aliphatic rings. The van der Waals surface area contributed by atoms with E-state index in [4.69, 9.17) is 9.15 Å². The summed E-state index contributed by atoms with van der Waals surface area (Å²) in [6, 6.07) is 22.5. The van der Waals surface area contributed by atoms with Crippen molar-refractivity contribution >= 4 is 38.3 Å². The molecular formula is C32H27F3N2O5S. The summed E-state index contributed by atoms with van der Waals surface area (Å²) in [6.45, 7) is 1.84. The van der Waals surface area contributed by atoms with E-state index in [1.54, 1.807) is 61.6 Å². The van der Waals surface area contributed by atoms with Gasteiger partial charge in [-0.3, -0.25) is 4.72 Å². The average Bonchev–Trinajstić information content (AvgIpc) is 3.33. The fourth-order valence-electron chi connectivity index (χ4n) is 4.88. The summed E-state index contributed by atoms with van der Waals surface area (Å²) in [5.74, 6) is -1.44. The monoisotopic (exact) mass is 608 g/mol. The van der Waals surface area contributed by atoms with Gasteiger partial charge in [-0.15, -0.1) is 0 Å². The van der Waals surface area contributed by atoms with Gasteiger partial charge in [0.15, 0.2) is 0 Å².